The summed E-state index contributed by atoms with van der Waals surface area (Å²) in [5.41, 5.74) is 2.30. The first kappa shape index (κ1) is 13.7. The number of imidazole rings is 1. The molecule has 0 saturated heterocycles. The molecule has 0 radical (unpaired) electrons. The maximum atomic E-state index is 13.7. The van der Waals surface area contributed by atoms with Gasteiger partial charge in [-0.25, -0.2) is 13.8 Å². The monoisotopic (exact) mass is 287 g/mol. The van der Waals surface area contributed by atoms with Gasteiger partial charge in [0.2, 0.25) is 0 Å². The molecule has 0 fully saturated rings. The average Bonchev–Trinajstić information content (AvgIpc) is 2.87. The van der Waals surface area contributed by atoms with E-state index in [2.05, 4.69) is 15.3 Å². The number of hydrogen-bond acceptors (Lipinski definition) is 2. The Bertz CT molecular complexity index is 734. The van der Waals surface area contributed by atoms with Crippen molar-refractivity contribution < 1.29 is 8.78 Å². The second kappa shape index (κ2) is 5.61. The van der Waals surface area contributed by atoms with Crippen LogP contribution in [0.2, 0.25) is 0 Å². The molecule has 0 spiro atoms. The molecule has 3 rings (SSSR count). The average molecular weight is 287 g/mol. The van der Waals surface area contributed by atoms with E-state index in [1.54, 1.807) is 0 Å². The molecule has 0 saturated carbocycles. The van der Waals surface area contributed by atoms with Crippen molar-refractivity contribution in [1.82, 2.24) is 15.3 Å². The molecule has 0 aliphatic heterocycles. The van der Waals surface area contributed by atoms with Crippen LogP contribution in [0.1, 0.15) is 24.4 Å². The van der Waals surface area contributed by atoms with Crippen LogP contribution in [0, 0.1) is 11.6 Å². The zero-order valence-electron chi connectivity index (χ0n) is 11.5. The third kappa shape index (κ3) is 2.92. The number of aromatic nitrogens is 2. The highest BCUT2D eigenvalue weighted by molar-refractivity contribution is 5.74. The Morgan fingerprint density at radius 2 is 2.00 bits per heavy atom. The summed E-state index contributed by atoms with van der Waals surface area (Å²) in [6, 6.07) is 11.1. The molecule has 0 bridgehead atoms. The van der Waals surface area contributed by atoms with Gasteiger partial charge < -0.3 is 10.3 Å². The quantitative estimate of drug-likeness (QED) is 0.768. The van der Waals surface area contributed by atoms with Crippen molar-refractivity contribution in [2.45, 2.75) is 19.5 Å². The summed E-state index contributed by atoms with van der Waals surface area (Å²) < 4.78 is 26.6. The second-order valence-corrected chi connectivity index (χ2v) is 4.97. The van der Waals surface area contributed by atoms with Crippen molar-refractivity contribution in [3.63, 3.8) is 0 Å². The van der Waals surface area contributed by atoms with E-state index in [4.69, 9.17) is 0 Å². The van der Waals surface area contributed by atoms with Crippen LogP contribution in [0.3, 0.4) is 0 Å². The van der Waals surface area contributed by atoms with Gasteiger partial charge in [-0.05, 0) is 25.1 Å². The van der Waals surface area contributed by atoms with Crippen molar-refractivity contribution in [3.8, 4) is 0 Å². The molecule has 3 aromatic rings. The third-order valence-electron chi connectivity index (χ3n) is 3.44. The summed E-state index contributed by atoms with van der Waals surface area (Å²) in [5.74, 6) is -0.328. The van der Waals surface area contributed by atoms with Crippen molar-refractivity contribution >= 4 is 11.0 Å². The minimum Gasteiger partial charge on any atom is -0.341 e. The number of benzene rings is 2. The fourth-order valence-electron chi connectivity index (χ4n) is 2.30. The molecule has 21 heavy (non-hydrogen) atoms. The standard InChI is InChI=1S/C16H15F2N3/c1-10(12-7-6-11(17)8-13(12)18)19-9-16-20-14-4-2-3-5-15(14)21-16/h2-8,10,19H,9H2,1H3,(H,20,21). The molecule has 0 aliphatic rings. The fourth-order valence-corrected chi connectivity index (χ4v) is 2.30. The van der Waals surface area contributed by atoms with Crippen molar-refractivity contribution in [2.24, 2.45) is 0 Å². The van der Waals surface area contributed by atoms with E-state index in [0.717, 1.165) is 22.9 Å². The molecule has 1 atom stereocenters. The van der Waals surface area contributed by atoms with Gasteiger partial charge in [0.1, 0.15) is 17.5 Å². The molecule has 1 unspecified atom stereocenters. The number of para-hydroxylation sites is 2. The van der Waals surface area contributed by atoms with Gasteiger partial charge in [0, 0.05) is 17.7 Å². The number of rotatable bonds is 4. The van der Waals surface area contributed by atoms with Crippen LogP contribution in [0.4, 0.5) is 8.78 Å². The van der Waals surface area contributed by atoms with Crippen LogP contribution >= 0.6 is 0 Å². The van der Waals surface area contributed by atoms with Gasteiger partial charge in [-0.3, -0.25) is 0 Å². The van der Waals surface area contributed by atoms with E-state index in [9.17, 15) is 8.78 Å². The number of nitrogens with one attached hydrogen (secondary N) is 2. The van der Waals surface area contributed by atoms with Gasteiger partial charge >= 0.3 is 0 Å². The molecule has 5 heteroatoms. The second-order valence-electron chi connectivity index (χ2n) is 4.97. The van der Waals surface area contributed by atoms with Crippen molar-refractivity contribution in [2.75, 3.05) is 0 Å². The van der Waals surface area contributed by atoms with Gasteiger partial charge in [0.15, 0.2) is 0 Å². The Kier molecular flexibility index (Phi) is 3.66. The lowest BCUT2D eigenvalue weighted by Gasteiger charge is -2.14. The van der Waals surface area contributed by atoms with Crippen LogP contribution in [0.15, 0.2) is 42.5 Å². The predicted molar refractivity (Wildman–Crippen MR) is 77.7 cm³/mol. The van der Waals surface area contributed by atoms with Crippen LogP contribution in [0.25, 0.3) is 11.0 Å². The van der Waals surface area contributed by atoms with Crippen molar-refractivity contribution in [3.05, 3.63) is 65.5 Å². The highest BCUT2D eigenvalue weighted by Crippen LogP contribution is 2.18. The highest BCUT2D eigenvalue weighted by atomic mass is 19.1. The number of aromatic amines is 1. The van der Waals surface area contributed by atoms with Gasteiger partial charge in [-0.2, -0.15) is 0 Å². The van der Waals surface area contributed by atoms with Crippen LogP contribution in [-0.2, 0) is 6.54 Å². The Morgan fingerprint density at radius 3 is 2.76 bits per heavy atom. The largest absolute Gasteiger partial charge is 0.341 e. The van der Waals surface area contributed by atoms with Gasteiger partial charge in [0.25, 0.3) is 0 Å². The minimum atomic E-state index is -0.569. The van der Waals surface area contributed by atoms with E-state index in [0.29, 0.717) is 12.1 Å². The zero-order valence-corrected chi connectivity index (χ0v) is 11.5. The zero-order chi connectivity index (χ0) is 14.8. The van der Waals surface area contributed by atoms with E-state index in [-0.39, 0.29) is 6.04 Å². The molecular formula is C16H15F2N3. The van der Waals surface area contributed by atoms with E-state index < -0.39 is 11.6 Å². The number of nitrogens with zero attached hydrogens (tertiary/aromatic N) is 1. The Labute approximate surface area is 121 Å². The van der Waals surface area contributed by atoms with Crippen molar-refractivity contribution in [1.29, 1.82) is 0 Å². The topological polar surface area (TPSA) is 40.7 Å². The molecule has 1 aromatic heterocycles. The fraction of sp³-hybridized carbons (Fsp3) is 0.188. The van der Waals surface area contributed by atoms with Gasteiger partial charge in [-0.1, -0.05) is 18.2 Å². The molecular weight excluding hydrogens is 272 g/mol. The maximum absolute atomic E-state index is 13.7. The summed E-state index contributed by atoms with van der Waals surface area (Å²) in [5, 5.41) is 3.18. The van der Waals surface area contributed by atoms with Crippen LogP contribution < -0.4 is 5.32 Å². The lowest BCUT2D eigenvalue weighted by molar-refractivity contribution is 0.512. The smallest absolute Gasteiger partial charge is 0.130 e. The Hall–Kier alpha value is -2.27. The summed E-state index contributed by atoms with van der Waals surface area (Å²) >= 11 is 0. The number of hydrogen-bond donors (Lipinski definition) is 2. The van der Waals surface area contributed by atoms with E-state index in [1.807, 2.05) is 31.2 Å². The molecule has 1 heterocycles. The number of halogens is 2. The van der Waals surface area contributed by atoms with Crippen LogP contribution in [-0.4, -0.2) is 9.97 Å². The Balaban J connectivity index is 1.71. The summed E-state index contributed by atoms with van der Waals surface area (Å²) in [6.45, 7) is 2.31. The molecule has 0 amide bonds. The first-order chi connectivity index (χ1) is 10.1. The third-order valence-corrected chi connectivity index (χ3v) is 3.44. The summed E-state index contributed by atoms with van der Waals surface area (Å²) in [4.78, 5) is 7.64. The summed E-state index contributed by atoms with van der Waals surface area (Å²) in [7, 11) is 0. The number of H-pyrrole nitrogens is 1. The SMILES string of the molecule is CC(NCc1nc2ccccc2[nH]1)c1ccc(F)cc1F. The Morgan fingerprint density at radius 1 is 1.19 bits per heavy atom. The van der Waals surface area contributed by atoms with E-state index >= 15 is 0 Å². The van der Waals surface area contributed by atoms with Gasteiger partial charge in [0.05, 0.1) is 17.6 Å². The molecule has 2 N–H and O–H groups in total. The van der Waals surface area contributed by atoms with Crippen LogP contribution in [0.5, 0.6) is 0 Å². The molecule has 108 valence electrons. The maximum Gasteiger partial charge on any atom is 0.130 e. The summed E-state index contributed by atoms with van der Waals surface area (Å²) in [6.07, 6.45) is 0. The first-order valence-electron chi connectivity index (χ1n) is 6.75. The first-order valence-corrected chi connectivity index (χ1v) is 6.75. The lowest BCUT2D eigenvalue weighted by atomic mass is 10.1. The number of fused-ring (bicyclic) bond motifs is 1. The minimum absolute atomic E-state index is 0.237. The predicted octanol–water partition coefficient (Wildman–Crippen LogP) is 3.69. The van der Waals surface area contributed by atoms with Gasteiger partial charge in [-0.15, -0.1) is 0 Å². The van der Waals surface area contributed by atoms with E-state index in [1.165, 1.54) is 12.1 Å². The lowest BCUT2D eigenvalue weighted by Crippen LogP contribution is -2.19. The normalized spacial score (nSPS) is 12.7. The molecule has 0 aliphatic carbocycles. The highest BCUT2D eigenvalue weighted by Gasteiger charge is 2.12. The molecule has 3 nitrogen and oxygen atoms in total. The molecule has 2 aromatic carbocycles.